The van der Waals surface area contributed by atoms with Gasteiger partial charge in [-0.2, -0.15) is 0 Å². The molecule has 1 fully saturated rings. The summed E-state index contributed by atoms with van der Waals surface area (Å²) in [5.74, 6) is -0.191. The Balaban J connectivity index is 2.19. The molecule has 2 rings (SSSR count). The van der Waals surface area contributed by atoms with E-state index < -0.39 is 23.0 Å². The van der Waals surface area contributed by atoms with Gasteiger partial charge in [0.2, 0.25) is 5.75 Å². The van der Waals surface area contributed by atoms with Crippen molar-refractivity contribution in [1.29, 1.82) is 0 Å². The summed E-state index contributed by atoms with van der Waals surface area (Å²) in [5, 5.41) is 11.2. The Morgan fingerprint density at radius 3 is 2.52 bits per heavy atom. The van der Waals surface area contributed by atoms with Gasteiger partial charge in [0.15, 0.2) is 6.29 Å². The zero-order valence-electron chi connectivity index (χ0n) is 13.2. The van der Waals surface area contributed by atoms with Gasteiger partial charge in [-0.1, -0.05) is 0 Å². The molecule has 0 unspecified atom stereocenters. The van der Waals surface area contributed by atoms with Gasteiger partial charge in [-0.3, -0.25) is 10.1 Å². The van der Waals surface area contributed by atoms with Crippen LogP contribution >= 0.6 is 0 Å². The third-order valence-corrected chi connectivity index (χ3v) is 2.86. The van der Waals surface area contributed by atoms with E-state index in [1.807, 2.05) is 0 Å². The van der Waals surface area contributed by atoms with Crippen molar-refractivity contribution >= 4 is 11.8 Å². The molecule has 0 aromatic heterocycles. The minimum atomic E-state index is -1.00. The van der Waals surface area contributed by atoms with Crippen molar-refractivity contribution in [2.45, 2.75) is 39.1 Å². The first-order chi connectivity index (χ1) is 10.8. The SMILES string of the molecule is CC(C)(C)OC(=O)Oc1ccc(C2OCCCO2)cc1[N+](=O)[O-]. The second-order valence-corrected chi connectivity index (χ2v) is 5.98. The van der Waals surface area contributed by atoms with Crippen LogP contribution in [0.2, 0.25) is 0 Å². The van der Waals surface area contributed by atoms with E-state index in [1.54, 1.807) is 26.8 Å². The van der Waals surface area contributed by atoms with Crippen molar-refractivity contribution in [3.05, 3.63) is 33.9 Å². The van der Waals surface area contributed by atoms with Crippen LogP contribution in [0.3, 0.4) is 0 Å². The van der Waals surface area contributed by atoms with Crippen LogP contribution in [0, 0.1) is 10.1 Å². The summed E-state index contributed by atoms with van der Waals surface area (Å²) < 4.78 is 20.7. The number of benzene rings is 1. The molecular weight excluding hydrogens is 306 g/mol. The van der Waals surface area contributed by atoms with Crippen LogP contribution in [0.15, 0.2) is 18.2 Å². The van der Waals surface area contributed by atoms with Gasteiger partial charge in [0.25, 0.3) is 0 Å². The highest BCUT2D eigenvalue weighted by atomic mass is 16.7. The molecule has 0 saturated carbocycles. The molecule has 0 radical (unpaired) electrons. The highest BCUT2D eigenvalue weighted by Gasteiger charge is 2.26. The summed E-state index contributed by atoms with van der Waals surface area (Å²) in [6.07, 6.45) is -0.880. The molecule has 1 aliphatic rings. The molecule has 1 saturated heterocycles. The molecule has 1 aromatic carbocycles. The van der Waals surface area contributed by atoms with Crippen LogP contribution in [0.25, 0.3) is 0 Å². The second-order valence-electron chi connectivity index (χ2n) is 5.98. The van der Waals surface area contributed by atoms with Crippen LogP contribution in [-0.2, 0) is 14.2 Å². The smallest absolute Gasteiger partial charge is 0.428 e. The lowest BCUT2D eigenvalue weighted by atomic mass is 10.1. The maximum Gasteiger partial charge on any atom is 0.514 e. The molecule has 0 bridgehead atoms. The van der Waals surface area contributed by atoms with Crippen molar-refractivity contribution in [3.8, 4) is 5.75 Å². The topological polar surface area (TPSA) is 97.1 Å². The van der Waals surface area contributed by atoms with E-state index in [0.717, 1.165) is 6.42 Å². The number of carbonyl (C=O) groups is 1. The van der Waals surface area contributed by atoms with E-state index in [9.17, 15) is 14.9 Å². The van der Waals surface area contributed by atoms with Gasteiger partial charge >= 0.3 is 11.8 Å². The number of ether oxygens (including phenoxy) is 4. The molecule has 1 heterocycles. The van der Waals surface area contributed by atoms with E-state index in [4.69, 9.17) is 18.9 Å². The Labute approximate surface area is 133 Å². The maximum atomic E-state index is 11.7. The predicted octanol–water partition coefficient (Wildman–Crippen LogP) is 3.34. The molecule has 0 amide bonds. The molecule has 8 nitrogen and oxygen atoms in total. The van der Waals surface area contributed by atoms with E-state index >= 15 is 0 Å². The van der Waals surface area contributed by atoms with Crippen molar-refractivity contribution in [2.75, 3.05) is 13.2 Å². The molecule has 126 valence electrons. The molecule has 0 spiro atoms. The number of hydrogen-bond donors (Lipinski definition) is 0. The quantitative estimate of drug-likeness (QED) is 0.364. The molecular formula is C15H19NO7. The number of nitro groups is 1. The summed E-state index contributed by atoms with van der Waals surface area (Å²) in [7, 11) is 0. The van der Waals surface area contributed by atoms with Gasteiger partial charge in [0.1, 0.15) is 5.60 Å². The lowest BCUT2D eigenvalue weighted by molar-refractivity contribution is -0.385. The molecule has 1 aliphatic heterocycles. The number of hydrogen-bond acceptors (Lipinski definition) is 7. The number of nitro benzene ring substituents is 1. The van der Waals surface area contributed by atoms with E-state index in [1.165, 1.54) is 12.1 Å². The summed E-state index contributed by atoms with van der Waals surface area (Å²) in [5.41, 5.74) is -0.616. The van der Waals surface area contributed by atoms with E-state index in [0.29, 0.717) is 18.8 Å². The Hall–Kier alpha value is -2.19. The Bertz CT molecular complexity index is 588. The number of carbonyl (C=O) groups excluding carboxylic acids is 1. The zero-order valence-corrected chi connectivity index (χ0v) is 13.2. The van der Waals surface area contributed by atoms with Crippen molar-refractivity contribution < 1.29 is 28.7 Å². The number of nitrogens with zero attached hydrogens (tertiary/aromatic N) is 1. The van der Waals surface area contributed by atoms with Gasteiger partial charge in [-0.15, -0.1) is 0 Å². The Morgan fingerprint density at radius 2 is 1.96 bits per heavy atom. The van der Waals surface area contributed by atoms with E-state index in [2.05, 4.69) is 0 Å². The van der Waals surface area contributed by atoms with Gasteiger partial charge in [0, 0.05) is 11.6 Å². The highest BCUT2D eigenvalue weighted by Crippen LogP contribution is 2.33. The van der Waals surface area contributed by atoms with Gasteiger partial charge in [-0.25, -0.2) is 4.79 Å². The van der Waals surface area contributed by atoms with Gasteiger partial charge in [0.05, 0.1) is 18.1 Å². The average Bonchev–Trinajstić information content (AvgIpc) is 2.46. The fourth-order valence-electron chi connectivity index (χ4n) is 1.95. The van der Waals surface area contributed by atoms with Crippen LogP contribution in [-0.4, -0.2) is 29.9 Å². The van der Waals surface area contributed by atoms with E-state index in [-0.39, 0.29) is 11.4 Å². The molecule has 1 aromatic rings. The largest absolute Gasteiger partial charge is 0.514 e. The lowest BCUT2D eigenvalue weighted by Gasteiger charge is -2.23. The van der Waals surface area contributed by atoms with Crippen LogP contribution in [0.5, 0.6) is 5.75 Å². The normalized spacial score (nSPS) is 16.0. The van der Waals surface area contributed by atoms with Gasteiger partial charge < -0.3 is 18.9 Å². The summed E-state index contributed by atoms with van der Waals surface area (Å²) >= 11 is 0. The molecule has 8 heteroatoms. The van der Waals surface area contributed by atoms with Crippen molar-refractivity contribution in [3.63, 3.8) is 0 Å². The Morgan fingerprint density at radius 1 is 1.30 bits per heavy atom. The fourth-order valence-corrected chi connectivity index (χ4v) is 1.95. The maximum absolute atomic E-state index is 11.7. The molecule has 0 N–H and O–H groups in total. The monoisotopic (exact) mass is 325 g/mol. The average molecular weight is 325 g/mol. The predicted molar refractivity (Wildman–Crippen MR) is 79.2 cm³/mol. The number of rotatable bonds is 3. The minimum absolute atomic E-state index is 0.191. The lowest BCUT2D eigenvalue weighted by Crippen LogP contribution is -2.26. The van der Waals surface area contributed by atoms with Crippen LogP contribution < -0.4 is 4.74 Å². The third-order valence-electron chi connectivity index (χ3n) is 2.86. The second kappa shape index (κ2) is 6.93. The summed E-state index contributed by atoms with van der Waals surface area (Å²) in [6, 6.07) is 4.16. The van der Waals surface area contributed by atoms with Gasteiger partial charge in [-0.05, 0) is 39.3 Å². The van der Waals surface area contributed by atoms with Crippen molar-refractivity contribution in [1.82, 2.24) is 0 Å². The highest BCUT2D eigenvalue weighted by molar-refractivity contribution is 5.67. The first kappa shape index (κ1) is 17.2. The molecule has 23 heavy (non-hydrogen) atoms. The molecule has 0 atom stereocenters. The summed E-state index contributed by atoms with van der Waals surface area (Å²) in [6.45, 7) is 6.06. The summed E-state index contributed by atoms with van der Waals surface area (Å²) in [4.78, 5) is 22.3. The Kier molecular flexibility index (Phi) is 5.17. The molecule has 0 aliphatic carbocycles. The fraction of sp³-hybridized carbons (Fsp3) is 0.533. The van der Waals surface area contributed by atoms with Crippen LogP contribution in [0.4, 0.5) is 10.5 Å². The third kappa shape index (κ3) is 4.90. The minimum Gasteiger partial charge on any atom is -0.428 e. The van der Waals surface area contributed by atoms with Crippen molar-refractivity contribution in [2.24, 2.45) is 0 Å². The first-order valence-electron chi connectivity index (χ1n) is 7.18. The van der Waals surface area contributed by atoms with Crippen LogP contribution in [0.1, 0.15) is 39.0 Å². The standard InChI is InChI=1S/C15H19NO7/c1-15(2,3)23-14(17)22-12-6-5-10(9-11(12)16(18)19)13-20-7-4-8-21-13/h5-6,9,13H,4,7-8H2,1-3H3. The zero-order chi connectivity index (χ0) is 17.0. The first-order valence-corrected chi connectivity index (χ1v) is 7.18.